The molecule has 0 radical (unpaired) electrons. The summed E-state index contributed by atoms with van der Waals surface area (Å²) in [6.07, 6.45) is 3.53. The van der Waals surface area contributed by atoms with Gasteiger partial charge in [-0.05, 0) is 55.7 Å². The molecule has 0 bridgehead atoms. The lowest BCUT2D eigenvalue weighted by Gasteiger charge is -2.30. The highest BCUT2D eigenvalue weighted by molar-refractivity contribution is 7.80. The van der Waals surface area contributed by atoms with E-state index < -0.39 is 10.8 Å². The topological polar surface area (TPSA) is 100.0 Å². The second-order valence-electron chi connectivity index (χ2n) is 8.03. The van der Waals surface area contributed by atoms with Gasteiger partial charge in [-0.15, -0.1) is 0 Å². The molecule has 174 valence electrons. The van der Waals surface area contributed by atoms with Crippen LogP contribution in [0.2, 0.25) is 0 Å². The van der Waals surface area contributed by atoms with Crippen LogP contribution in [0.15, 0.2) is 42.5 Å². The number of hydrogen-bond acceptors (Lipinski definition) is 7. The lowest BCUT2D eigenvalue weighted by molar-refractivity contribution is -0.384. The summed E-state index contributed by atoms with van der Waals surface area (Å²) in [7, 11) is 0. The van der Waals surface area contributed by atoms with Crippen molar-refractivity contribution in [1.82, 2.24) is 5.32 Å². The van der Waals surface area contributed by atoms with Crippen molar-refractivity contribution in [2.24, 2.45) is 0 Å². The van der Waals surface area contributed by atoms with Gasteiger partial charge in [0.15, 0.2) is 5.11 Å². The van der Waals surface area contributed by atoms with E-state index in [4.69, 9.17) is 17.0 Å². The van der Waals surface area contributed by atoms with Gasteiger partial charge in [-0.2, -0.15) is 0 Å². The van der Waals surface area contributed by atoms with Crippen LogP contribution in [0.4, 0.5) is 22.7 Å². The van der Waals surface area contributed by atoms with Gasteiger partial charge in [-0.1, -0.05) is 12.1 Å². The Bertz CT molecular complexity index is 1040. The average Bonchev–Trinajstić information content (AvgIpc) is 2.85. The van der Waals surface area contributed by atoms with E-state index in [2.05, 4.69) is 15.5 Å². The summed E-state index contributed by atoms with van der Waals surface area (Å²) in [5, 5.41) is 17.6. The zero-order valence-corrected chi connectivity index (χ0v) is 19.1. The van der Waals surface area contributed by atoms with Crippen LogP contribution in [-0.4, -0.2) is 55.3 Å². The third kappa shape index (κ3) is 5.58. The van der Waals surface area contributed by atoms with Crippen LogP contribution in [0.3, 0.4) is 0 Å². The van der Waals surface area contributed by atoms with Crippen LogP contribution < -0.4 is 20.4 Å². The molecule has 2 aromatic carbocycles. The van der Waals surface area contributed by atoms with Gasteiger partial charge in [0.05, 0.1) is 29.5 Å². The van der Waals surface area contributed by atoms with Crippen molar-refractivity contribution in [2.75, 3.05) is 54.5 Å². The van der Waals surface area contributed by atoms with Gasteiger partial charge >= 0.3 is 0 Å². The van der Waals surface area contributed by atoms with Gasteiger partial charge in [0.25, 0.3) is 11.6 Å². The number of rotatable bonds is 5. The van der Waals surface area contributed by atoms with E-state index in [0.29, 0.717) is 32.0 Å². The maximum absolute atomic E-state index is 12.8. The van der Waals surface area contributed by atoms with Crippen LogP contribution >= 0.6 is 12.2 Å². The fourth-order valence-corrected chi connectivity index (χ4v) is 4.40. The number of hydrogen-bond donors (Lipinski definition) is 2. The number of ether oxygens (including phenoxy) is 1. The molecule has 33 heavy (non-hydrogen) atoms. The number of amides is 1. The van der Waals surface area contributed by atoms with Crippen LogP contribution in [-0.2, 0) is 4.74 Å². The number of carbonyl (C=O) groups excluding carboxylic acids is 1. The number of benzene rings is 2. The van der Waals surface area contributed by atoms with Gasteiger partial charge in [0.2, 0.25) is 0 Å². The number of morpholine rings is 1. The summed E-state index contributed by atoms with van der Waals surface area (Å²) in [5.41, 5.74) is 2.40. The monoisotopic (exact) mass is 469 g/mol. The van der Waals surface area contributed by atoms with Crippen molar-refractivity contribution in [3.8, 4) is 0 Å². The molecular formula is C23H27N5O4S. The van der Waals surface area contributed by atoms with Gasteiger partial charge in [0, 0.05) is 37.8 Å². The number of para-hydroxylation sites is 2. The molecule has 2 heterocycles. The summed E-state index contributed by atoms with van der Waals surface area (Å²) >= 11 is 5.37. The number of thiocarbonyl (C=S) groups is 1. The largest absolute Gasteiger partial charge is 0.378 e. The zero-order valence-electron chi connectivity index (χ0n) is 18.3. The fourth-order valence-electron chi connectivity index (χ4n) is 4.20. The minimum absolute atomic E-state index is 0.112. The molecule has 4 rings (SSSR count). The Morgan fingerprint density at radius 1 is 0.970 bits per heavy atom. The standard InChI is InChI=1S/C23H27N5O4S/c29-22(17-8-9-20(21(16-17)28(30)31)27-12-14-32-15-13-27)25-23(33)24-18-6-2-3-7-19(18)26-10-4-1-5-11-26/h2-3,6-9,16H,1,4-5,10-15H2,(H2,24,25,29,33). The van der Waals surface area contributed by atoms with E-state index in [9.17, 15) is 14.9 Å². The summed E-state index contributed by atoms with van der Waals surface area (Å²) in [6, 6.07) is 12.3. The number of nitrogens with zero attached hydrogens (tertiary/aromatic N) is 3. The Labute approximate surface area is 197 Å². The van der Waals surface area contributed by atoms with E-state index >= 15 is 0 Å². The SMILES string of the molecule is O=C(NC(=S)Nc1ccccc1N1CCCCC1)c1ccc(N2CCOCC2)c([N+](=O)[O-])c1. The van der Waals surface area contributed by atoms with Gasteiger partial charge in [-0.3, -0.25) is 20.2 Å². The van der Waals surface area contributed by atoms with E-state index in [-0.39, 0.29) is 16.4 Å². The Morgan fingerprint density at radius 2 is 1.67 bits per heavy atom. The molecule has 2 fully saturated rings. The predicted octanol–water partition coefficient (Wildman–Crippen LogP) is 3.55. The van der Waals surface area contributed by atoms with Crippen molar-refractivity contribution in [3.63, 3.8) is 0 Å². The van der Waals surface area contributed by atoms with Gasteiger partial charge in [-0.25, -0.2) is 0 Å². The van der Waals surface area contributed by atoms with E-state index in [1.54, 1.807) is 12.1 Å². The summed E-state index contributed by atoms with van der Waals surface area (Å²) in [5.74, 6) is -0.500. The first-order valence-corrected chi connectivity index (χ1v) is 11.5. The van der Waals surface area contributed by atoms with Crippen molar-refractivity contribution in [3.05, 3.63) is 58.1 Å². The quantitative estimate of drug-likeness (QED) is 0.390. The highest BCUT2D eigenvalue weighted by Gasteiger charge is 2.24. The van der Waals surface area contributed by atoms with Crippen LogP contribution in [0, 0.1) is 10.1 Å². The minimum atomic E-state index is -0.500. The molecule has 10 heteroatoms. The second kappa shape index (κ2) is 10.6. The van der Waals surface area contributed by atoms with E-state index in [1.807, 2.05) is 29.2 Å². The highest BCUT2D eigenvalue weighted by atomic mass is 32.1. The van der Waals surface area contributed by atoms with Gasteiger partial charge < -0.3 is 19.9 Å². The maximum atomic E-state index is 12.8. The summed E-state index contributed by atoms with van der Waals surface area (Å²) < 4.78 is 5.32. The van der Waals surface area contributed by atoms with Crippen LogP contribution in [0.5, 0.6) is 0 Å². The maximum Gasteiger partial charge on any atom is 0.293 e. The Balaban J connectivity index is 1.46. The number of carbonyl (C=O) groups is 1. The van der Waals surface area contributed by atoms with Crippen molar-refractivity contribution in [2.45, 2.75) is 19.3 Å². The average molecular weight is 470 g/mol. The lowest BCUT2D eigenvalue weighted by Crippen LogP contribution is -2.37. The van der Waals surface area contributed by atoms with Crippen LogP contribution in [0.1, 0.15) is 29.6 Å². The van der Waals surface area contributed by atoms with Crippen molar-refractivity contribution in [1.29, 1.82) is 0 Å². The second-order valence-corrected chi connectivity index (χ2v) is 8.44. The molecule has 0 atom stereocenters. The molecule has 0 spiro atoms. The minimum Gasteiger partial charge on any atom is -0.378 e. The molecule has 2 aromatic rings. The number of anilines is 3. The highest BCUT2D eigenvalue weighted by Crippen LogP contribution is 2.30. The molecule has 2 saturated heterocycles. The van der Waals surface area contributed by atoms with E-state index in [0.717, 1.165) is 37.3 Å². The van der Waals surface area contributed by atoms with Crippen molar-refractivity contribution < 1.29 is 14.5 Å². The Morgan fingerprint density at radius 3 is 2.39 bits per heavy atom. The first-order chi connectivity index (χ1) is 16.0. The number of nitro benzene ring substituents is 1. The molecule has 0 saturated carbocycles. The van der Waals surface area contributed by atoms with Gasteiger partial charge in [0.1, 0.15) is 5.69 Å². The molecular weight excluding hydrogens is 442 g/mol. The predicted molar refractivity (Wildman–Crippen MR) is 132 cm³/mol. The first kappa shape index (κ1) is 22.9. The number of nitrogens with one attached hydrogen (secondary N) is 2. The number of nitro groups is 1. The third-order valence-electron chi connectivity index (χ3n) is 5.86. The molecule has 2 aliphatic heterocycles. The zero-order chi connectivity index (χ0) is 23.2. The number of piperidine rings is 1. The molecule has 0 unspecified atom stereocenters. The van der Waals surface area contributed by atoms with Crippen molar-refractivity contribution >= 4 is 46.0 Å². The van der Waals surface area contributed by atoms with Crippen LogP contribution in [0.25, 0.3) is 0 Å². The Hall–Kier alpha value is -3.24. The molecule has 0 aromatic heterocycles. The first-order valence-electron chi connectivity index (χ1n) is 11.1. The molecule has 0 aliphatic carbocycles. The molecule has 9 nitrogen and oxygen atoms in total. The summed E-state index contributed by atoms with van der Waals surface area (Å²) in [4.78, 5) is 28.2. The smallest absolute Gasteiger partial charge is 0.293 e. The lowest BCUT2D eigenvalue weighted by atomic mass is 10.1. The third-order valence-corrected chi connectivity index (χ3v) is 6.07. The molecule has 2 aliphatic rings. The fraction of sp³-hybridized carbons (Fsp3) is 0.391. The molecule has 2 N–H and O–H groups in total. The summed E-state index contributed by atoms with van der Waals surface area (Å²) in [6.45, 7) is 4.12. The Kier molecular flexibility index (Phi) is 7.36. The molecule has 1 amide bonds. The normalized spacial score (nSPS) is 16.2. The van der Waals surface area contributed by atoms with E-state index in [1.165, 1.54) is 12.5 Å².